The molecule has 2 N–H and O–H groups in total. The summed E-state index contributed by atoms with van der Waals surface area (Å²) in [6.07, 6.45) is 1.35. The number of ether oxygens (including phenoxy) is 1. The Labute approximate surface area is 94.8 Å². The number of amides is 1. The molecule has 90 valence electrons. The number of anilines is 1. The van der Waals surface area contributed by atoms with Crippen LogP contribution in [0.15, 0.2) is 0 Å². The maximum atomic E-state index is 11.4. The van der Waals surface area contributed by atoms with Gasteiger partial charge in [0.2, 0.25) is 11.9 Å². The van der Waals surface area contributed by atoms with Gasteiger partial charge in [-0.1, -0.05) is 13.8 Å². The first-order valence-electron chi connectivity index (χ1n) is 5.46. The van der Waals surface area contributed by atoms with Crippen molar-refractivity contribution in [2.75, 3.05) is 11.9 Å². The molecule has 0 aromatic carbocycles. The van der Waals surface area contributed by atoms with E-state index in [4.69, 9.17) is 4.74 Å². The van der Waals surface area contributed by atoms with Gasteiger partial charge in [0, 0.05) is 6.42 Å². The molecule has 16 heavy (non-hydrogen) atoms. The summed E-state index contributed by atoms with van der Waals surface area (Å²) < 4.78 is 5.06. The summed E-state index contributed by atoms with van der Waals surface area (Å²) in [5.41, 5.74) is 0. The van der Waals surface area contributed by atoms with Gasteiger partial charge < -0.3 is 4.74 Å². The first kappa shape index (κ1) is 12.5. The molecule has 0 bridgehead atoms. The molecule has 0 saturated heterocycles. The fourth-order valence-electron chi connectivity index (χ4n) is 1.11. The van der Waals surface area contributed by atoms with E-state index < -0.39 is 0 Å². The van der Waals surface area contributed by atoms with Crippen LogP contribution in [0.4, 0.5) is 5.95 Å². The van der Waals surface area contributed by atoms with E-state index in [2.05, 4.69) is 34.3 Å². The van der Waals surface area contributed by atoms with Gasteiger partial charge in [-0.05, 0) is 19.3 Å². The van der Waals surface area contributed by atoms with Crippen LogP contribution in [0.25, 0.3) is 0 Å². The van der Waals surface area contributed by atoms with Crippen molar-refractivity contribution in [2.45, 2.75) is 33.6 Å². The summed E-state index contributed by atoms with van der Waals surface area (Å²) in [5, 5.41) is 9.00. The molecule has 1 aromatic rings. The molecule has 1 heterocycles. The molecule has 0 atom stereocenters. The maximum absolute atomic E-state index is 11.4. The second-order valence-electron chi connectivity index (χ2n) is 3.88. The monoisotopic (exact) mass is 226 g/mol. The molecule has 0 fully saturated rings. The number of hydrogen-bond donors (Lipinski definition) is 2. The quantitative estimate of drug-likeness (QED) is 0.771. The van der Waals surface area contributed by atoms with Crippen LogP contribution in [0, 0.1) is 5.92 Å². The molecule has 0 aliphatic rings. The molecule has 1 aromatic heterocycles. The van der Waals surface area contributed by atoms with Gasteiger partial charge in [0.15, 0.2) is 0 Å². The van der Waals surface area contributed by atoms with E-state index in [1.54, 1.807) is 0 Å². The molecule has 0 saturated carbocycles. The van der Waals surface area contributed by atoms with Crippen LogP contribution >= 0.6 is 0 Å². The molecule has 0 unspecified atom stereocenters. The molecule has 6 nitrogen and oxygen atoms in total. The fraction of sp³-hybridized carbons (Fsp3) is 0.700. The predicted octanol–water partition coefficient (Wildman–Crippen LogP) is 1.58. The number of nitrogens with one attached hydrogen (secondary N) is 2. The normalized spacial score (nSPS) is 10.5. The van der Waals surface area contributed by atoms with Gasteiger partial charge in [0.25, 0.3) is 0 Å². The van der Waals surface area contributed by atoms with Crippen LogP contribution in [0.2, 0.25) is 0 Å². The van der Waals surface area contributed by atoms with Crippen LogP contribution in [-0.4, -0.2) is 27.7 Å². The van der Waals surface area contributed by atoms with E-state index in [1.165, 1.54) is 0 Å². The Morgan fingerprint density at radius 2 is 2.31 bits per heavy atom. The van der Waals surface area contributed by atoms with Crippen molar-refractivity contribution in [3.8, 4) is 6.01 Å². The van der Waals surface area contributed by atoms with E-state index in [0.29, 0.717) is 24.9 Å². The number of rotatable bonds is 6. The minimum atomic E-state index is -0.0621. The summed E-state index contributed by atoms with van der Waals surface area (Å²) in [4.78, 5) is 15.4. The summed E-state index contributed by atoms with van der Waals surface area (Å²) in [6.45, 7) is 6.50. The minimum absolute atomic E-state index is 0.0621. The van der Waals surface area contributed by atoms with Gasteiger partial charge in [0.05, 0.1) is 6.61 Å². The van der Waals surface area contributed by atoms with Gasteiger partial charge in [-0.3, -0.25) is 10.1 Å². The van der Waals surface area contributed by atoms with Crippen LogP contribution in [0.1, 0.15) is 33.6 Å². The lowest BCUT2D eigenvalue weighted by Gasteiger charge is -2.03. The summed E-state index contributed by atoms with van der Waals surface area (Å²) in [7, 11) is 0. The van der Waals surface area contributed by atoms with E-state index in [0.717, 1.165) is 6.42 Å². The smallest absolute Gasteiger partial charge is 0.337 e. The Hall–Kier alpha value is -1.59. The van der Waals surface area contributed by atoms with E-state index in [-0.39, 0.29) is 11.9 Å². The van der Waals surface area contributed by atoms with Crippen LogP contribution in [-0.2, 0) is 4.79 Å². The van der Waals surface area contributed by atoms with E-state index in [9.17, 15) is 4.79 Å². The molecule has 0 spiro atoms. The standard InChI is InChI=1S/C10H18N4O2/c1-4-16-10-12-9(13-14-10)11-8(15)6-5-7(2)3/h7H,4-6H2,1-3H3,(H2,11,12,13,14,15). The van der Waals surface area contributed by atoms with Crippen molar-refractivity contribution in [2.24, 2.45) is 5.92 Å². The number of carbonyl (C=O) groups is 1. The molecule has 6 heteroatoms. The molecule has 1 amide bonds. The average Bonchev–Trinajstić information content (AvgIpc) is 2.63. The van der Waals surface area contributed by atoms with Crippen molar-refractivity contribution in [1.82, 2.24) is 15.2 Å². The Kier molecular flexibility index (Phi) is 4.75. The van der Waals surface area contributed by atoms with Gasteiger partial charge in [0.1, 0.15) is 0 Å². The third kappa shape index (κ3) is 4.29. The fourth-order valence-corrected chi connectivity index (χ4v) is 1.11. The highest BCUT2D eigenvalue weighted by molar-refractivity contribution is 5.88. The first-order chi connectivity index (χ1) is 7.61. The SMILES string of the molecule is CCOc1n[nH]c(NC(=O)CCC(C)C)n1. The third-order valence-electron chi connectivity index (χ3n) is 1.94. The highest BCUT2D eigenvalue weighted by Crippen LogP contribution is 2.08. The first-order valence-corrected chi connectivity index (χ1v) is 5.46. The third-order valence-corrected chi connectivity index (χ3v) is 1.94. The second-order valence-corrected chi connectivity index (χ2v) is 3.88. The average molecular weight is 226 g/mol. The zero-order valence-corrected chi connectivity index (χ0v) is 9.91. The molecular weight excluding hydrogens is 208 g/mol. The number of aromatic nitrogens is 3. The molecule has 0 radical (unpaired) electrons. The molecule has 0 aliphatic heterocycles. The van der Waals surface area contributed by atoms with Crippen LogP contribution in [0.3, 0.4) is 0 Å². The summed E-state index contributed by atoms with van der Waals surface area (Å²) in [6, 6.07) is 0.252. The zero-order valence-electron chi connectivity index (χ0n) is 9.91. The summed E-state index contributed by atoms with van der Waals surface area (Å²) in [5.74, 6) is 0.782. The molecular formula is C10H18N4O2. The number of H-pyrrole nitrogens is 1. The Bertz CT molecular complexity index is 335. The Morgan fingerprint density at radius 3 is 2.94 bits per heavy atom. The Morgan fingerprint density at radius 1 is 1.56 bits per heavy atom. The van der Waals surface area contributed by atoms with E-state index >= 15 is 0 Å². The second kappa shape index (κ2) is 6.09. The molecule has 0 aliphatic carbocycles. The van der Waals surface area contributed by atoms with Crippen molar-refractivity contribution in [3.63, 3.8) is 0 Å². The highest BCUT2D eigenvalue weighted by atomic mass is 16.5. The van der Waals surface area contributed by atoms with Crippen molar-refractivity contribution in [1.29, 1.82) is 0 Å². The lowest BCUT2D eigenvalue weighted by molar-refractivity contribution is -0.116. The zero-order chi connectivity index (χ0) is 12.0. The van der Waals surface area contributed by atoms with Gasteiger partial charge in [-0.25, -0.2) is 5.10 Å². The van der Waals surface area contributed by atoms with E-state index in [1.807, 2.05) is 6.92 Å². The Balaban J connectivity index is 2.37. The van der Waals surface area contributed by atoms with Gasteiger partial charge in [-0.15, -0.1) is 5.10 Å². The van der Waals surface area contributed by atoms with Crippen molar-refractivity contribution in [3.05, 3.63) is 0 Å². The highest BCUT2D eigenvalue weighted by Gasteiger charge is 2.08. The van der Waals surface area contributed by atoms with Crippen LogP contribution < -0.4 is 10.1 Å². The largest absolute Gasteiger partial charge is 0.463 e. The number of aromatic amines is 1. The maximum Gasteiger partial charge on any atom is 0.337 e. The van der Waals surface area contributed by atoms with Gasteiger partial charge >= 0.3 is 6.01 Å². The lowest BCUT2D eigenvalue weighted by atomic mass is 10.1. The van der Waals surface area contributed by atoms with Gasteiger partial charge in [-0.2, -0.15) is 4.98 Å². The van der Waals surface area contributed by atoms with Crippen molar-refractivity contribution >= 4 is 11.9 Å². The number of nitrogens with zero attached hydrogens (tertiary/aromatic N) is 2. The predicted molar refractivity (Wildman–Crippen MR) is 60.3 cm³/mol. The minimum Gasteiger partial charge on any atom is -0.463 e. The molecule has 1 rings (SSSR count). The topological polar surface area (TPSA) is 79.9 Å². The number of carbonyl (C=O) groups excluding carboxylic acids is 1. The summed E-state index contributed by atoms with van der Waals surface area (Å²) >= 11 is 0. The van der Waals surface area contributed by atoms with Crippen molar-refractivity contribution < 1.29 is 9.53 Å². The number of hydrogen-bond acceptors (Lipinski definition) is 4. The lowest BCUT2D eigenvalue weighted by Crippen LogP contribution is -2.13. The van der Waals surface area contributed by atoms with Crippen LogP contribution in [0.5, 0.6) is 6.01 Å².